The second-order valence-electron chi connectivity index (χ2n) is 2.86. The van der Waals surface area contributed by atoms with Crippen LogP contribution in [0.25, 0.3) is 0 Å². The van der Waals surface area contributed by atoms with Crippen molar-refractivity contribution < 1.29 is 9.50 Å². The lowest BCUT2D eigenvalue weighted by Gasteiger charge is -2.04. The molecule has 0 saturated heterocycles. The molecule has 0 spiro atoms. The number of aliphatic hydroxyl groups excluding tert-OH is 1. The summed E-state index contributed by atoms with van der Waals surface area (Å²) in [5, 5.41) is 11.7. The number of benzene rings is 1. The van der Waals surface area contributed by atoms with Crippen LogP contribution in [0, 0.1) is 5.82 Å². The Morgan fingerprint density at radius 1 is 1.14 bits per heavy atom. The number of anilines is 1. The average Bonchev–Trinajstić information content (AvgIpc) is 2.15. The van der Waals surface area contributed by atoms with Crippen molar-refractivity contribution >= 4 is 18.1 Å². The summed E-state index contributed by atoms with van der Waals surface area (Å²) in [6.07, 6.45) is 1.72. The van der Waals surface area contributed by atoms with Crippen LogP contribution >= 0.6 is 12.4 Å². The molecule has 0 radical (unpaired) electrons. The van der Waals surface area contributed by atoms with Gasteiger partial charge in [0.25, 0.3) is 0 Å². The van der Waals surface area contributed by atoms with Gasteiger partial charge in [0.2, 0.25) is 0 Å². The third-order valence-electron chi connectivity index (χ3n) is 1.76. The van der Waals surface area contributed by atoms with E-state index in [1.807, 2.05) is 0 Å². The molecule has 1 rings (SSSR count). The molecule has 14 heavy (non-hydrogen) atoms. The zero-order valence-electron chi connectivity index (χ0n) is 7.87. The monoisotopic (exact) mass is 219 g/mol. The van der Waals surface area contributed by atoms with Gasteiger partial charge in [-0.2, -0.15) is 0 Å². The van der Waals surface area contributed by atoms with Crippen molar-refractivity contribution in [3.63, 3.8) is 0 Å². The van der Waals surface area contributed by atoms with E-state index < -0.39 is 0 Å². The normalized spacial score (nSPS) is 9.29. The lowest BCUT2D eigenvalue weighted by atomic mass is 10.3. The SMILES string of the molecule is Cl.OCCCCNc1ccc(F)cc1. The van der Waals surface area contributed by atoms with Gasteiger partial charge in [-0.25, -0.2) is 4.39 Å². The number of aliphatic hydroxyl groups is 1. The van der Waals surface area contributed by atoms with Crippen molar-refractivity contribution in [1.82, 2.24) is 0 Å². The molecule has 0 unspecified atom stereocenters. The Labute approximate surface area is 89.6 Å². The maximum absolute atomic E-state index is 12.5. The summed E-state index contributed by atoms with van der Waals surface area (Å²) in [5.41, 5.74) is 0.916. The first-order valence-corrected chi connectivity index (χ1v) is 4.43. The Kier molecular flexibility index (Phi) is 7.16. The van der Waals surface area contributed by atoms with Crippen molar-refractivity contribution in [2.45, 2.75) is 12.8 Å². The first kappa shape index (κ1) is 13.2. The molecule has 2 N–H and O–H groups in total. The minimum atomic E-state index is -0.221. The van der Waals surface area contributed by atoms with Crippen molar-refractivity contribution in [2.24, 2.45) is 0 Å². The van der Waals surface area contributed by atoms with Gasteiger partial charge < -0.3 is 10.4 Å². The van der Waals surface area contributed by atoms with E-state index in [0.717, 1.165) is 25.1 Å². The smallest absolute Gasteiger partial charge is 0.123 e. The number of hydrogen-bond acceptors (Lipinski definition) is 2. The maximum Gasteiger partial charge on any atom is 0.123 e. The summed E-state index contributed by atoms with van der Waals surface area (Å²) >= 11 is 0. The predicted molar refractivity (Wildman–Crippen MR) is 58.5 cm³/mol. The summed E-state index contributed by atoms with van der Waals surface area (Å²) in [6, 6.07) is 6.26. The quantitative estimate of drug-likeness (QED) is 0.746. The highest BCUT2D eigenvalue weighted by Crippen LogP contribution is 2.07. The molecule has 0 aliphatic carbocycles. The molecule has 1 aromatic carbocycles. The molecular formula is C10H15ClFNO. The van der Waals surface area contributed by atoms with E-state index in [4.69, 9.17) is 5.11 Å². The molecular weight excluding hydrogens is 205 g/mol. The number of halogens is 2. The Morgan fingerprint density at radius 2 is 1.79 bits per heavy atom. The summed E-state index contributed by atoms with van der Waals surface area (Å²) in [6.45, 7) is 1.04. The van der Waals surface area contributed by atoms with Crippen LogP contribution in [-0.2, 0) is 0 Å². The highest BCUT2D eigenvalue weighted by atomic mass is 35.5. The molecule has 4 heteroatoms. The van der Waals surface area contributed by atoms with Crippen LogP contribution in [0.15, 0.2) is 24.3 Å². The molecule has 0 aliphatic heterocycles. The third-order valence-corrected chi connectivity index (χ3v) is 1.76. The minimum absolute atomic E-state index is 0. The van der Waals surface area contributed by atoms with Crippen LogP contribution in [0.5, 0.6) is 0 Å². The topological polar surface area (TPSA) is 32.3 Å². The predicted octanol–water partition coefficient (Wildman–Crippen LogP) is 2.43. The van der Waals surface area contributed by atoms with Gasteiger partial charge in [0.15, 0.2) is 0 Å². The largest absolute Gasteiger partial charge is 0.396 e. The van der Waals surface area contributed by atoms with Crippen LogP contribution in [0.1, 0.15) is 12.8 Å². The van der Waals surface area contributed by atoms with Crippen molar-refractivity contribution in [3.05, 3.63) is 30.1 Å². The van der Waals surface area contributed by atoms with Gasteiger partial charge in [-0.1, -0.05) is 0 Å². The van der Waals surface area contributed by atoms with Gasteiger partial charge in [-0.3, -0.25) is 0 Å². The Balaban J connectivity index is 0.00000169. The molecule has 0 saturated carbocycles. The first-order valence-electron chi connectivity index (χ1n) is 4.43. The Hall–Kier alpha value is -0.800. The molecule has 0 heterocycles. The second kappa shape index (κ2) is 7.59. The van der Waals surface area contributed by atoms with E-state index in [1.165, 1.54) is 12.1 Å². The lowest BCUT2D eigenvalue weighted by molar-refractivity contribution is 0.286. The van der Waals surface area contributed by atoms with E-state index in [0.29, 0.717) is 0 Å². The zero-order valence-corrected chi connectivity index (χ0v) is 8.69. The van der Waals surface area contributed by atoms with Crippen molar-refractivity contribution in [2.75, 3.05) is 18.5 Å². The molecule has 0 bridgehead atoms. The lowest BCUT2D eigenvalue weighted by Crippen LogP contribution is -2.01. The number of unbranched alkanes of at least 4 members (excludes halogenated alkanes) is 1. The third kappa shape index (κ3) is 5.04. The van der Waals surface area contributed by atoms with E-state index >= 15 is 0 Å². The van der Waals surface area contributed by atoms with Gasteiger partial charge in [0.05, 0.1) is 0 Å². The zero-order chi connectivity index (χ0) is 9.52. The molecule has 80 valence electrons. The standard InChI is InChI=1S/C10H14FNO.ClH/c11-9-3-5-10(6-4-9)12-7-1-2-8-13;/h3-6,12-13H,1-2,7-8H2;1H. The Bertz CT molecular complexity index is 240. The summed E-state index contributed by atoms with van der Waals surface area (Å²) in [7, 11) is 0. The van der Waals surface area contributed by atoms with Gasteiger partial charge in [-0.15, -0.1) is 12.4 Å². The first-order chi connectivity index (χ1) is 6.33. The van der Waals surface area contributed by atoms with E-state index in [1.54, 1.807) is 12.1 Å². The van der Waals surface area contributed by atoms with Crippen LogP contribution in [0.2, 0.25) is 0 Å². The highest BCUT2D eigenvalue weighted by Gasteiger charge is 1.91. The van der Waals surface area contributed by atoms with Crippen LogP contribution in [-0.4, -0.2) is 18.3 Å². The minimum Gasteiger partial charge on any atom is -0.396 e. The number of hydrogen-bond donors (Lipinski definition) is 2. The highest BCUT2D eigenvalue weighted by molar-refractivity contribution is 5.85. The average molecular weight is 220 g/mol. The van der Waals surface area contributed by atoms with Gasteiger partial charge in [0, 0.05) is 18.8 Å². The molecule has 0 aliphatic rings. The fourth-order valence-corrected chi connectivity index (χ4v) is 1.04. The summed E-state index contributed by atoms with van der Waals surface area (Å²) < 4.78 is 12.5. The van der Waals surface area contributed by atoms with Gasteiger partial charge in [-0.05, 0) is 37.1 Å². The molecule has 0 amide bonds. The van der Waals surface area contributed by atoms with Crippen LogP contribution in [0.4, 0.5) is 10.1 Å². The Morgan fingerprint density at radius 3 is 2.36 bits per heavy atom. The van der Waals surface area contributed by atoms with Crippen LogP contribution < -0.4 is 5.32 Å². The second-order valence-corrected chi connectivity index (χ2v) is 2.86. The number of nitrogens with one attached hydrogen (secondary N) is 1. The van der Waals surface area contributed by atoms with E-state index in [-0.39, 0.29) is 24.8 Å². The molecule has 0 fully saturated rings. The fourth-order valence-electron chi connectivity index (χ4n) is 1.04. The summed E-state index contributed by atoms with van der Waals surface area (Å²) in [4.78, 5) is 0. The van der Waals surface area contributed by atoms with Crippen molar-refractivity contribution in [3.8, 4) is 0 Å². The maximum atomic E-state index is 12.5. The molecule has 0 aromatic heterocycles. The molecule has 2 nitrogen and oxygen atoms in total. The van der Waals surface area contributed by atoms with E-state index in [2.05, 4.69) is 5.32 Å². The van der Waals surface area contributed by atoms with Gasteiger partial charge >= 0.3 is 0 Å². The number of rotatable bonds is 5. The van der Waals surface area contributed by atoms with Crippen molar-refractivity contribution in [1.29, 1.82) is 0 Å². The fraction of sp³-hybridized carbons (Fsp3) is 0.400. The van der Waals surface area contributed by atoms with E-state index in [9.17, 15) is 4.39 Å². The molecule has 1 aromatic rings. The molecule has 0 atom stereocenters. The van der Waals surface area contributed by atoms with Gasteiger partial charge in [0.1, 0.15) is 5.82 Å². The summed E-state index contributed by atoms with van der Waals surface area (Å²) in [5.74, 6) is -0.221. The van der Waals surface area contributed by atoms with Crippen LogP contribution in [0.3, 0.4) is 0 Å².